The van der Waals surface area contributed by atoms with Gasteiger partial charge in [0, 0.05) is 28.6 Å². The number of hydrogen-bond donors (Lipinski definition) is 1. The van der Waals surface area contributed by atoms with E-state index in [2.05, 4.69) is 26.1 Å². The Morgan fingerprint density at radius 2 is 1.76 bits per heavy atom. The second-order valence-electron chi connectivity index (χ2n) is 9.14. The number of amides is 2. The van der Waals surface area contributed by atoms with Crippen molar-refractivity contribution in [1.29, 1.82) is 0 Å². The number of aryl methyl sites for hydroxylation is 1. The highest BCUT2D eigenvalue weighted by Gasteiger charge is 2.23. The van der Waals surface area contributed by atoms with E-state index >= 15 is 0 Å². The van der Waals surface area contributed by atoms with Crippen LogP contribution < -0.4 is 5.32 Å². The molecule has 2 aromatic carbocycles. The summed E-state index contributed by atoms with van der Waals surface area (Å²) >= 11 is 6.04. The lowest BCUT2D eigenvalue weighted by Crippen LogP contribution is -2.39. The van der Waals surface area contributed by atoms with Gasteiger partial charge in [-0.25, -0.2) is 4.68 Å². The minimum atomic E-state index is -0.277. The normalized spacial score (nSPS) is 11.3. The van der Waals surface area contributed by atoms with E-state index < -0.39 is 0 Å². The van der Waals surface area contributed by atoms with E-state index in [0.717, 1.165) is 23.4 Å². The van der Waals surface area contributed by atoms with Gasteiger partial charge >= 0.3 is 0 Å². The van der Waals surface area contributed by atoms with Gasteiger partial charge in [0.1, 0.15) is 12.4 Å². The molecular formula is C26H31ClN4O2. The molecule has 1 aromatic heterocycles. The maximum Gasteiger partial charge on any atom is 0.254 e. The van der Waals surface area contributed by atoms with Gasteiger partial charge < -0.3 is 10.2 Å². The SMILES string of the molecule is CCCN(CC(=O)Nc1cc(C(C)(C)C)nn1-c1ccc(Cl)cc1)C(=O)c1ccccc1C. The molecule has 0 radical (unpaired) electrons. The third kappa shape index (κ3) is 6.02. The van der Waals surface area contributed by atoms with Crippen LogP contribution in [-0.4, -0.2) is 39.6 Å². The van der Waals surface area contributed by atoms with Gasteiger partial charge in [0.05, 0.1) is 11.4 Å². The van der Waals surface area contributed by atoms with Crippen molar-refractivity contribution in [1.82, 2.24) is 14.7 Å². The molecule has 2 amide bonds. The fourth-order valence-electron chi connectivity index (χ4n) is 3.48. The summed E-state index contributed by atoms with van der Waals surface area (Å²) in [5.41, 5.74) is 2.92. The molecule has 0 spiro atoms. The molecule has 6 nitrogen and oxygen atoms in total. The van der Waals surface area contributed by atoms with Crippen molar-refractivity contribution < 1.29 is 9.59 Å². The predicted molar refractivity (Wildman–Crippen MR) is 133 cm³/mol. The molecule has 0 unspecified atom stereocenters. The van der Waals surface area contributed by atoms with Crippen LogP contribution in [0.3, 0.4) is 0 Å². The van der Waals surface area contributed by atoms with Crippen LogP contribution in [-0.2, 0) is 10.2 Å². The van der Waals surface area contributed by atoms with Crippen LogP contribution in [0.15, 0.2) is 54.6 Å². The van der Waals surface area contributed by atoms with Crippen molar-refractivity contribution >= 4 is 29.2 Å². The summed E-state index contributed by atoms with van der Waals surface area (Å²) in [6.45, 7) is 10.5. The molecule has 0 aliphatic rings. The summed E-state index contributed by atoms with van der Waals surface area (Å²) in [4.78, 5) is 27.8. The number of anilines is 1. The van der Waals surface area contributed by atoms with E-state index in [1.807, 2.05) is 50.2 Å². The second kappa shape index (κ2) is 10.2. The van der Waals surface area contributed by atoms with Crippen LogP contribution in [0.2, 0.25) is 5.02 Å². The molecule has 0 aliphatic heterocycles. The minimum Gasteiger partial charge on any atom is -0.329 e. The van der Waals surface area contributed by atoms with Crippen molar-refractivity contribution in [2.75, 3.05) is 18.4 Å². The Kier molecular flexibility index (Phi) is 7.59. The smallest absolute Gasteiger partial charge is 0.254 e. The second-order valence-corrected chi connectivity index (χ2v) is 9.58. The van der Waals surface area contributed by atoms with E-state index in [1.54, 1.807) is 27.8 Å². The number of nitrogens with one attached hydrogen (secondary N) is 1. The van der Waals surface area contributed by atoms with Crippen molar-refractivity contribution in [3.63, 3.8) is 0 Å². The molecule has 0 saturated heterocycles. The molecule has 0 fully saturated rings. The van der Waals surface area contributed by atoms with Crippen molar-refractivity contribution in [2.24, 2.45) is 0 Å². The van der Waals surface area contributed by atoms with Crippen molar-refractivity contribution in [2.45, 2.75) is 46.5 Å². The van der Waals surface area contributed by atoms with Crippen LogP contribution in [0, 0.1) is 6.92 Å². The lowest BCUT2D eigenvalue weighted by molar-refractivity contribution is -0.116. The summed E-state index contributed by atoms with van der Waals surface area (Å²) in [6, 6.07) is 16.6. The predicted octanol–water partition coefficient (Wildman–Crippen LogP) is 5.62. The summed E-state index contributed by atoms with van der Waals surface area (Å²) in [5, 5.41) is 8.31. The summed E-state index contributed by atoms with van der Waals surface area (Å²) in [6.07, 6.45) is 0.752. The zero-order valence-electron chi connectivity index (χ0n) is 19.9. The third-order valence-electron chi connectivity index (χ3n) is 5.31. The lowest BCUT2D eigenvalue weighted by atomic mass is 9.92. The molecule has 174 valence electrons. The number of benzene rings is 2. The number of aromatic nitrogens is 2. The maximum absolute atomic E-state index is 13.1. The standard InChI is InChI=1S/C26H31ClN4O2/c1-6-15-30(25(33)21-10-8-7-9-18(21)2)17-24(32)28-23-16-22(26(3,4)5)29-31(23)20-13-11-19(27)12-14-20/h7-14,16H,6,15,17H2,1-5H3,(H,28,32). The lowest BCUT2D eigenvalue weighted by Gasteiger charge is -2.22. The fourth-order valence-corrected chi connectivity index (χ4v) is 3.60. The first-order valence-corrected chi connectivity index (χ1v) is 11.5. The van der Waals surface area contributed by atoms with Crippen LogP contribution in [0.5, 0.6) is 0 Å². The molecular weight excluding hydrogens is 436 g/mol. The minimum absolute atomic E-state index is 0.0440. The highest BCUT2D eigenvalue weighted by Crippen LogP contribution is 2.27. The highest BCUT2D eigenvalue weighted by molar-refractivity contribution is 6.30. The molecule has 0 bridgehead atoms. The number of halogens is 1. The number of rotatable bonds is 7. The Balaban J connectivity index is 1.86. The van der Waals surface area contributed by atoms with Gasteiger partial charge in [-0.2, -0.15) is 5.10 Å². The van der Waals surface area contributed by atoms with Gasteiger partial charge in [-0.3, -0.25) is 9.59 Å². The Morgan fingerprint density at radius 1 is 1.09 bits per heavy atom. The fraction of sp³-hybridized carbons (Fsp3) is 0.346. The maximum atomic E-state index is 13.1. The first kappa shape index (κ1) is 24.5. The number of nitrogens with zero attached hydrogens (tertiary/aromatic N) is 3. The van der Waals surface area contributed by atoms with Crippen LogP contribution in [0.1, 0.15) is 55.7 Å². The van der Waals surface area contributed by atoms with Gasteiger partial charge in [0.2, 0.25) is 5.91 Å². The molecule has 3 aromatic rings. The molecule has 0 atom stereocenters. The average Bonchev–Trinajstić information content (AvgIpc) is 3.18. The van der Waals surface area contributed by atoms with Gasteiger partial charge in [0.15, 0.2) is 0 Å². The van der Waals surface area contributed by atoms with Gasteiger partial charge in [-0.05, 0) is 49.2 Å². The Hall–Kier alpha value is -3.12. The van der Waals surface area contributed by atoms with Gasteiger partial charge in [0.25, 0.3) is 5.91 Å². The largest absolute Gasteiger partial charge is 0.329 e. The Labute approximate surface area is 200 Å². The van der Waals surface area contributed by atoms with E-state index in [0.29, 0.717) is 22.9 Å². The summed E-state index contributed by atoms with van der Waals surface area (Å²) < 4.78 is 1.70. The monoisotopic (exact) mass is 466 g/mol. The number of carbonyl (C=O) groups is 2. The zero-order chi connectivity index (χ0) is 24.2. The summed E-state index contributed by atoms with van der Waals surface area (Å²) in [7, 11) is 0. The average molecular weight is 467 g/mol. The van der Waals surface area contributed by atoms with Crippen molar-refractivity contribution in [3.8, 4) is 5.69 Å². The Morgan fingerprint density at radius 3 is 2.36 bits per heavy atom. The summed E-state index contributed by atoms with van der Waals surface area (Å²) in [5.74, 6) is 0.125. The van der Waals surface area contributed by atoms with E-state index in [4.69, 9.17) is 16.7 Å². The zero-order valence-corrected chi connectivity index (χ0v) is 20.6. The van der Waals surface area contributed by atoms with Crippen LogP contribution >= 0.6 is 11.6 Å². The van der Waals surface area contributed by atoms with E-state index in [1.165, 1.54) is 0 Å². The molecule has 3 rings (SSSR count). The van der Waals surface area contributed by atoms with Crippen molar-refractivity contribution in [3.05, 3.63) is 76.4 Å². The van der Waals surface area contributed by atoms with E-state index in [-0.39, 0.29) is 23.8 Å². The molecule has 1 N–H and O–H groups in total. The van der Waals surface area contributed by atoms with Crippen LogP contribution in [0.25, 0.3) is 5.69 Å². The number of carbonyl (C=O) groups excluding carboxylic acids is 2. The molecule has 1 heterocycles. The first-order valence-electron chi connectivity index (χ1n) is 11.1. The molecule has 0 aliphatic carbocycles. The molecule has 33 heavy (non-hydrogen) atoms. The highest BCUT2D eigenvalue weighted by atomic mass is 35.5. The van der Waals surface area contributed by atoms with Gasteiger partial charge in [-0.1, -0.05) is 57.5 Å². The van der Waals surface area contributed by atoms with E-state index in [9.17, 15) is 9.59 Å². The third-order valence-corrected chi connectivity index (χ3v) is 5.56. The number of hydrogen-bond acceptors (Lipinski definition) is 3. The molecule has 0 saturated carbocycles. The topological polar surface area (TPSA) is 67.2 Å². The Bertz CT molecular complexity index is 1130. The quantitative estimate of drug-likeness (QED) is 0.491. The van der Waals surface area contributed by atoms with Gasteiger partial charge in [-0.15, -0.1) is 0 Å². The van der Waals surface area contributed by atoms with Crippen LogP contribution in [0.4, 0.5) is 5.82 Å². The first-order chi connectivity index (χ1) is 15.6. The molecule has 7 heteroatoms.